The van der Waals surface area contributed by atoms with Gasteiger partial charge in [0.2, 0.25) is 5.78 Å². The zero-order valence-corrected chi connectivity index (χ0v) is 10.7. The first-order valence-electron chi connectivity index (χ1n) is 5.29. The number of hydrogen-bond donors (Lipinski definition) is 1. The third kappa shape index (κ3) is 2.57. The van der Waals surface area contributed by atoms with Crippen LogP contribution in [0.4, 0.5) is 0 Å². The Morgan fingerprint density at radius 3 is 2.71 bits per heavy atom. The Balaban J connectivity index is 2.40. The SMILES string of the molecule is NCCc1ccccc1C(=O)c1sccc1Cl. The van der Waals surface area contributed by atoms with Gasteiger partial charge in [-0.05, 0) is 30.0 Å². The molecule has 0 aliphatic heterocycles. The predicted octanol–water partition coefficient (Wildman–Crippen LogP) is 3.13. The van der Waals surface area contributed by atoms with Crippen molar-refractivity contribution in [2.24, 2.45) is 5.73 Å². The summed E-state index contributed by atoms with van der Waals surface area (Å²) in [5, 5.41) is 2.34. The number of ketones is 1. The number of carbonyl (C=O) groups excluding carboxylic acids is 1. The summed E-state index contributed by atoms with van der Waals surface area (Å²) in [6.07, 6.45) is 0.699. The summed E-state index contributed by atoms with van der Waals surface area (Å²) in [7, 11) is 0. The molecule has 1 heterocycles. The summed E-state index contributed by atoms with van der Waals surface area (Å²) < 4.78 is 0. The number of carbonyl (C=O) groups is 1. The van der Waals surface area contributed by atoms with Crippen LogP contribution < -0.4 is 5.73 Å². The molecule has 4 heteroatoms. The van der Waals surface area contributed by atoms with Crippen LogP contribution in [-0.2, 0) is 6.42 Å². The third-order valence-corrected chi connectivity index (χ3v) is 3.84. The molecular weight excluding hydrogens is 254 g/mol. The fraction of sp³-hybridized carbons (Fsp3) is 0.154. The molecule has 1 aromatic carbocycles. The summed E-state index contributed by atoms with van der Waals surface area (Å²) in [5.41, 5.74) is 7.22. The van der Waals surface area contributed by atoms with Crippen LogP contribution in [0.2, 0.25) is 5.02 Å². The van der Waals surface area contributed by atoms with Gasteiger partial charge in [0.05, 0.1) is 9.90 Å². The monoisotopic (exact) mass is 265 g/mol. The normalized spacial score (nSPS) is 10.5. The van der Waals surface area contributed by atoms with Crippen molar-refractivity contribution in [1.29, 1.82) is 0 Å². The number of nitrogens with two attached hydrogens (primary N) is 1. The van der Waals surface area contributed by atoms with Crippen molar-refractivity contribution in [3.05, 3.63) is 56.7 Å². The minimum absolute atomic E-state index is 0.0194. The molecule has 0 bridgehead atoms. The van der Waals surface area contributed by atoms with Gasteiger partial charge in [0.15, 0.2) is 0 Å². The lowest BCUT2D eigenvalue weighted by Crippen LogP contribution is -2.09. The average Bonchev–Trinajstić information content (AvgIpc) is 2.76. The fourth-order valence-corrected chi connectivity index (χ4v) is 2.79. The Hall–Kier alpha value is -1.16. The number of halogens is 1. The molecule has 88 valence electrons. The van der Waals surface area contributed by atoms with E-state index in [0.29, 0.717) is 28.4 Å². The van der Waals surface area contributed by atoms with E-state index in [1.807, 2.05) is 29.6 Å². The maximum Gasteiger partial charge on any atom is 0.204 e. The zero-order valence-electron chi connectivity index (χ0n) is 9.15. The molecule has 2 nitrogen and oxygen atoms in total. The van der Waals surface area contributed by atoms with Gasteiger partial charge in [-0.1, -0.05) is 35.9 Å². The summed E-state index contributed by atoms with van der Waals surface area (Å²) >= 11 is 7.35. The maximum atomic E-state index is 12.3. The van der Waals surface area contributed by atoms with Crippen LogP contribution in [0.1, 0.15) is 20.8 Å². The highest BCUT2D eigenvalue weighted by atomic mass is 35.5. The highest BCUT2D eigenvalue weighted by molar-refractivity contribution is 7.13. The molecule has 0 radical (unpaired) electrons. The highest BCUT2D eigenvalue weighted by Gasteiger charge is 2.16. The fourth-order valence-electron chi connectivity index (χ4n) is 1.69. The van der Waals surface area contributed by atoms with Crippen molar-refractivity contribution in [3.63, 3.8) is 0 Å². The van der Waals surface area contributed by atoms with Crippen LogP contribution in [0, 0.1) is 0 Å². The van der Waals surface area contributed by atoms with Gasteiger partial charge in [0, 0.05) is 5.56 Å². The minimum Gasteiger partial charge on any atom is -0.330 e. The molecular formula is C13H12ClNOS. The first-order chi connectivity index (χ1) is 8.24. The smallest absolute Gasteiger partial charge is 0.204 e. The molecule has 2 N–H and O–H groups in total. The molecule has 2 aromatic rings. The number of hydrogen-bond acceptors (Lipinski definition) is 3. The van der Waals surface area contributed by atoms with E-state index in [1.165, 1.54) is 11.3 Å². The Morgan fingerprint density at radius 1 is 1.29 bits per heavy atom. The maximum absolute atomic E-state index is 12.3. The van der Waals surface area contributed by atoms with Crippen LogP contribution in [0.3, 0.4) is 0 Å². The Bertz CT molecular complexity index is 536. The van der Waals surface area contributed by atoms with Crippen molar-refractivity contribution in [2.75, 3.05) is 6.54 Å². The molecule has 0 spiro atoms. The van der Waals surface area contributed by atoms with Crippen LogP contribution in [0.25, 0.3) is 0 Å². The van der Waals surface area contributed by atoms with Crippen LogP contribution in [0.5, 0.6) is 0 Å². The lowest BCUT2D eigenvalue weighted by atomic mass is 10.0. The lowest BCUT2D eigenvalue weighted by Gasteiger charge is -2.06. The largest absolute Gasteiger partial charge is 0.330 e. The molecule has 17 heavy (non-hydrogen) atoms. The molecule has 0 fully saturated rings. The van der Waals surface area contributed by atoms with Crippen LogP contribution >= 0.6 is 22.9 Å². The Labute approximate surface area is 109 Å². The third-order valence-electron chi connectivity index (χ3n) is 2.50. The van der Waals surface area contributed by atoms with E-state index >= 15 is 0 Å². The van der Waals surface area contributed by atoms with E-state index in [4.69, 9.17) is 17.3 Å². The lowest BCUT2D eigenvalue weighted by molar-refractivity contribution is 0.104. The van der Waals surface area contributed by atoms with Crippen molar-refractivity contribution < 1.29 is 4.79 Å². The standard InChI is InChI=1S/C13H12ClNOS/c14-11-6-8-17-13(11)12(16)10-4-2-1-3-9(10)5-7-15/h1-4,6,8H,5,7,15H2. The molecule has 2 rings (SSSR count). The first kappa shape index (κ1) is 12.3. The van der Waals surface area contributed by atoms with E-state index in [-0.39, 0.29) is 5.78 Å². The Morgan fingerprint density at radius 2 is 2.06 bits per heavy atom. The van der Waals surface area contributed by atoms with Gasteiger partial charge >= 0.3 is 0 Å². The van der Waals surface area contributed by atoms with E-state index in [0.717, 1.165) is 5.56 Å². The van der Waals surface area contributed by atoms with Gasteiger partial charge in [-0.3, -0.25) is 4.79 Å². The van der Waals surface area contributed by atoms with Gasteiger partial charge in [0.1, 0.15) is 0 Å². The topological polar surface area (TPSA) is 43.1 Å². The van der Waals surface area contributed by atoms with Crippen molar-refractivity contribution in [1.82, 2.24) is 0 Å². The van der Waals surface area contributed by atoms with Gasteiger partial charge < -0.3 is 5.73 Å². The first-order valence-corrected chi connectivity index (χ1v) is 6.55. The predicted molar refractivity (Wildman–Crippen MR) is 72.0 cm³/mol. The van der Waals surface area contributed by atoms with Gasteiger partial charge in [0.25, 0.3) is 0 Å². The Kier molecular flexibility index (Phi) is 3.94. The minimum atomic E-state index is -0.0194. The zero-order chi connectivity index (χ0) is 12.3. The molecule has 0 aliphatic carbocycles. The van der Waals surface area contributed by atoms with Gasteiger partial charge in [-0.2, -0.15) is 0 Å². The molecule has 0 amide bonds. The van der Waals surface area contributed by atoms with E-state index in [9.17, 15) is 4.79 Å². The van der Waals surface area contributed by atoms with Crippen molar-refractivity contribution in [2.45, 2.75) is 6.42 Å². The van der Waals surface area contributed by atoms with Crippen LogP contribution in [0.15, 0.2) is 35.7 Å². The molecule has 0 atom stereocenters. The molecule has 0 unspecified atom stereocenters. The molecule has 0 saturated heterocycles. The highest BCUT2D eigenvalue weighted by Crippen LogP contribution is 2.26. The average molecular weight is 266 g/mol. The second kappa shape index (κ2) is 5.45. The number of benzene rings is 1. The van der Waals surface area contributed by atoms with Gasteiger partial charge in [-0.15, -0.1) is 11.3 Å². The summed E-state index contributed by atoms with van der Waals surface area (Å²) in [5.74, 6) is -0.0194. The molecule has 0 saturated carbocycles. The van der Waals surface area contributed by atoms with Crippen LogP contribution in [-0.4, -0.2) is 12.3 Å². The molecule has 1 aromatic heterocycles. The quantitative estimate of drug-likeness (QED) is 0.863. The second-order valence-corrected chi connectivity index (χ2v) is 4.95. The summed E-state index contributed by atoms with van der Waals surface area (Å²) in [6.45, 7) is 0.530. The summed E-state index contributed by atoms with van der Waals surface area (Å²) in [6, 6.07) is 9.27. The number of thiophene rings is 1. The van der Waals surface area contributed by atoms with E-state index in [1.54, 1.807) is 6.07 Å². The van der Waals surface area contributed by atoms with Crippen molar-refractivity contribution >= 4 is 28.7 Å². The van der Waals surface area contributed by atoms with Crippen molar-refractivity contribution in [3.8, 4) is 0 Å². The van der Waals surface area contributed by atoms with E-state index in [2.05, 4.69) is 0 Å². The molecule has 0 aliphatic rings. The summed E-state index contributed by atoms with van der Waals surface area (Å²) in [4.78, 5) is 12.9. The van der Waals surface area contributed by atoms with E-state index < -0.39 is 0 Å². The number of rotatable bonds is 4. The van der Waals surface area contributed by atoms with Gasteiger partial charge in [-0.25, -0.2) is 0 Å². The second-order valence-electron chi connectivity index (χ2n) is 3.62.